The van der Waals surface area contributed by atoms with Crippen LogP contribution in [-0.2, 0) is 16.1 Å². The Balaban J connectivity index is 2.19. The number of carbonyl (C=O) groups excluding carboxylic acids is 2. The van der Waals surface area contributed by atoms with Crippen LogP contribution in [0.5, 0.6) is 5.75 Å². The molecule has 0 aliphatic heterocycles. The van der Waals surface area contributed by atoms with Crippen molar-refractivity contribution in [3.05, 3.63) is 63.7 Å². The maximum atomic E-state index is 13.1. The number of ether oxygens (including phenoxy) is 1. The van der Waals surface area contributed by atoms with E-state index in [4.69, 9.17) is 4.74 Å². The van der Waals surface area contributed by atoms with Crippen LogP contribution in [0.1, 0.15) is 39.7 Å². The highest BCUT2D eigenvalue weighted by molar-refractivity contribution is 14.1. The maximum absolute atomic E-state index is 13.1. The first-order chi connectivity index (χ1) is 13.7. The highest BCUT2D eigenvalue weighted by Crippen LogP contribution is 2.16. The van der Waals surface area contributed by atoms with Crippen LogP contribution in [-0.4, -0.2) is 34.9 Å². The van der Waals surface area contributed by atoms with Crippen LogP contribution in [0.4, 0.5) is 0 Å². The van der Waals surface area contributed by atoms with Gasteiger partial charge in [0.15, 0.2) is 6.61 Å². The van der Waals surface area contributed by atoms with Crippen LogP contribution in [0.15, 0.2) is 54.6 Å². The Morgan fingerprint density at radius 1 is 1.07 bits per heavy atom. The Morgan fingerprint density at radius 3 is 2.24 bits per heavy atom. The summed E-state index contributed by atoms with van der Waals surface area (Å²) < 4.78 is 6.78. The van der Waals surface area contributed by atoms with Gasteiger partial charge in [-0.2, -0.15) is 0 Å². The third-order valence-electron chi connectivity index (χ3n) is 4.26. The second-order valence-electron chi connectivity index (χ2n) is 7.91. The molecule has 5 nitrogen and oxygen atoms in total. The summed E-state index contributed by atoms with van der Waals surface area (Å²) in [6.07, 6.45) is 0.518. The smallest absolute Gasteiger partial charge is 0.261 e. The van der Waals surface area contributed by atoms with Gasteiger partial charge in [-0.05, 0) is 79.6 Å². The van der Waals surface area contributed by atoms with E-state index in [1.807, 2.05) is 82.3 Å². The number of benzene rings is 2. The Hall–Kier alpha value is -2.09. The molecule has 1 N–H and O–H groups in total. The molecule has 0 saturated heterocycles. The molecule has 0 radical (unpaired) electrons. The van der Waals surface area contributed by atoms with Crippen molar-refractivity contribution in [1.29, 1.82) is 0 Å². The van der Waals surface area contributed by atoms with Crippen molar-refractivity contribution < 1.29 is 14.3 Å². The molecular formula is C23H29IN2O3. The van der Waals surface area contributed by atoms with Gasteiger partial charge in [0.2, 0.25) is 5.91 Å². The fraction of sp³-hybridized carbons (Fsp3) is 0.391. The van der Waals surface area contributed by atoms with Crippen LogP contribution in [0.2, 0.25) is 0 Å². The van der Waals surface area contributed by atoms with Gasteiger partial charge < -0.3 is 15.0 Å². The summed E-state index contributed by atoms with van der Waals surface area (Å²) in [6.45, 7) is 7.94. The lowest BCUT2D eigenvalue weighted by atomic mass is 10.1. The monoisotopic (exact) mass is 508 g/mol. The van der Waals surface area contributed by atoms with Gasteiger partial charge in [-0.3, -0.25) is 9.59 Å². The molecule has 29 heavy (non-hydrogen) atoms. The van der Waals surface area contributed by atoms with Crippen LogP contribution >= 0.6 is 22.6 Å². The minimum absolute atomic E-state index is 0.118. The summed E-state index contributed by atoms with van der Waals surface area (Å²) >= 11 is 2.22. The molecule has 0 bridgehead atoms. The minimum atomic E-state index is -0.567. The van der Waals surface area contributed by atoms with E-state index in [2.05, 4.69) is 27.9 Å². The zero-order valence-corrected chi connectivity index (χ0v) is 19.6. The second kappa shape index (κ2) is 10.6. The Kier molecular flexibility index (Phi) is 8.49. The van der Waals surface area contributed by atoms with E-state index in [0.29, 0.717) is 18.7 Å². The van der Waals surface area contributed by atoms with Gasteiger partial charge in [0, 0.05) is 15.7 Å². The number of nitrogens with zero attached hydrogens (tertiary/aromatic N) is 1. The average Bonchev–Trinajstić information content (AvgIpc) is 2.66. The van der Waals surface area contributed by atoms with Gasteiger partial charge in [0.05, 0.1) is 0 Å². The predicted molar refractivity (Wildman–Crippen MR) is 124 cm³/mol. The number of nitrogens with one attached hydrogen (secondary N) is 1. The van der Waals surface area contributed by atoms with Crippen molar-refractivity contribution in [3.63, 3.8) is 0 Å². The molecule has 6 heteroatoms. The van der Waals surface area contributed by atoms with Gasteiger partial charge in [-0.15, -0.1) is 0 Å². The molecule has 2 aromatic rings. The molecule has 1 atom stereocenters. The molecule has 0 spiro atoms. The third kappa shape index (κ3) is 7.68. The van der Waals surface area contributed by atoms with Gasteiger partial charge in [-0.25, -0.2) is 0 Å². The molecule has 156 valence electrons. The molecule has 2 aromatic carbocycles. The van der Waals surface area contributed by atoms with Gasteiger partial charge in [0.25, 0.3) is 5.91 Å². The van der Waals surface area contributed by atoms with Crippen molar-refractivity contribution in [2.24, 2.45) is 0 Å². The Labute approximate surface area is 187 Å². The van der Waals surface area contributed by atoms with E-state index in [-0.39, 0.29) is 24.0 Å². The van der Waals surface area contributed by atoms with E-state index in [1.54, 1.807) is 4.90 Å². The first-order valence-electron chi connectivity index (χ1n) is 9.73. The number of carbonyl (C=O) groups is 2. The Bertz CT molecular complexity index is 801. The molecular weight excluding hydrogens is 479 g/mol. The minimum Gasteiger partial charge on any atom is -0.484 e. The normalized spacial score (nSPS) is 12.2. The van der Waals surface area contributed by atoms with Crippen molar-refractivity contribution in [2.75, 3.05) is 6.61 Å². The largest absolute Gasteiger partial charge is 0.484 e. The van der Waals surface area contributed by atoms with Gasteiger partial charge in [0.1, 0.15) is 11.8 Å². The number of rotatable bonds is 8. The van der Waals surface area contributed by atoms with Crippen molar-refractivity contribution >= 4 is 34.4 Å². The van der Waals surface area contributed by atoms with Crippen molar-refractivity contribution in [1.82, 2.24) is 10.2 Å². The van der Waals surface area contributed by atoms with Crippen molar-refractivity contribution in [2.45, 2.75) is 52.2 Å². The number of hydrogen-bond donors (Lipinski definition) is 1. The summed E-state index contributed by atoms with van der Waals surface area (Å²) in [7, 11) is 0. The van der Waals surface area contributed by atoms with Crippen LogP contribution < -0.4 is 10.1 Å². The SMILES string of the molecule is CC[C@H](C(=O)NC(C)(C)C)N(Cc1ccccc1)C(=O)COc1ccc(I)cc1. The lowest BCUT2D eigenvalue weighted by Gasteiger charge is -2.33. The highest BCUT2D eigenvalue weighted by atomic mass is 127. The summed E-state index contributed by atoms with van der Waals surface area (Å²) in [5.41, 5.74) is 0.598. The predicted octanol–water partition coefficient (Wildman–Crippen LogP) is 4.39. The zero-order chi connectivity index (χ0) is 21.4. The Morgan fingerprint density at radius 2 is 1.69 bits per heavy atom. The van der Waals surface area contributed by atoms with E-state index < -0.39 is 6.04 Å². The summed E-state index contributed by atoms with van der Waals surface area (Å²) in [4.78, 5) is 27.6. The molecule has 2 amide bonds. The standard InChI is InChI=1S/C23H29IN2O3/c1-5-20(22(28)25-23(2,3)4)26(15-17-9-7-6-8-10-17)21(27)16-29-19-13-11-18(24)12-14-19/h6-14,20H,5,15-16H2,1-4H3,(H,25,28)/t20-/m1/s1. The van der Waals surface area contributed by atoms with E-state index in [0.717, 1.165) is 9.13 Å². The van der Waals surface area contributed by atoms with Crippen molar-refractivity contribution in [3.8, 4) is 5.75 Å². The van der Waals surface area contributed by atoms with Gasteiger partial charge in [-0.1, -0.05) is 37.3 Å². The third-order valence-corrected chi connectivity index (χ3v) is 4.97. The molecule has 0 aromatic heterocycles. The van der Waals surface area contributed by atoms with Gasteiger partial charge >= 0.3 is 0 Å². The van der Waals surface area contributed by atoms with E-state index in [9.17, 15) is 9.59 Å². The molecule has 0 fully saturated rings. The van der Waals surface area contributed by atoms with Crippen LogP contribution in [0.25, 0.3) is 0 Å². The average molecular weight is 508 g/mol. The lowest BCUT2D eigenvalue weighted by Crippen LogP contribution is -2.54. The summed E-state index contributed by atoms with van der Waals surface area (Å²) in [6, 6.07) is 16.6. The second-order valence-corrected chi connectivity index (χ2v) is 9.16. The van der Waals surface area contributed by atoms with Crippen LogP contribution in [0, 0.1) is 3.57 Å². The first-order valence-corrected chi connectivity index (χ1v) is 10.8. The summed E-state index contributed by atoms with van der Waals surface area (Å²) in [5.74, 6) is 0.257. The molecule has 0 saturated carbocycles. The molecule has 0 heterocycles. The zero-order valence-electron chi connectivity index (χ0n) is 17.4. The number of amides is 2. The van der Waals surface area contributed by atoms with E-state index in [1.165, 1.54) is 0 Å². The number of hydrogen-bond acceptors (Lipinski definition) is 3. The first kappa shape index (κ1) is 23.2. The fourth-order valence-corrected chi connectivity index (χ4v) is 3.27. The fourth-order valence-electron chi connectivity index (χ4n) is 2.91. The van der Waals surface area contributed by atoms with E-state index >= 15 is 0 Å². The molecule has 0 unspecified atom stereocenters. The molecule has 0 aliphatic carbocycles. The van der Waals surface area contributed by atoms with Crippen LogP contribution in [0.3, 0.4) is 0 Å². The highest BCUT2D eigenvalue weighted by Gasteiger charge is 2.30. The maximum Gasteiger partial charge on any atom is 0.261 e. The lowest BCUT2D eigenvalue weighted by molar-refractivity contribution is -0.143. The number of halogens is 1. The molecule has 2 rings (SSSR count). The topological polar surface area (TPSA) is 58.6 Å². The molecule has 0 aliphatic rings. The summed E-state index contributed by atoms with van der Waals surface area (Å²) in [5, 5.41) is 3.00. The quantitative estimate of drug-likeness (QED) is 0.539.